The third kappa shape index (κ3) is 7.13. The van der Waals surface area contributed by atoms with Crippen LogP contribution in [0.25, 0.3) is 0 Å². The highest BCUT2D eigenvalue weighted by Crippen LogP contribution is 2.34. The number of ether oxygens (including phenoxy) is 2. The van der Waals surface area contributed by atoms with E-state index in [1.807, 2.05) is 18.2 Å². The van der Waals surface area contributed by atoms with Gasteiger partial charge in [0.15, 0.2) is 6.61 Å². The average Bonchev–Trinajstić information content (AvgIpc) is 2.81. The first kappa shape index (κ1) is 25.4. The summed E-state index contributed by atoms with van der Waals surface area (Å²) < 4.78 is 51.4. The van der Waals surface area contributed by atoms with Crippen LogP contribution in [0.4, 0.5) is 13.2 Å². The fraction of sp³-hybridized carbons (Fsp3) is 0.440. The molecule has 2 aromatic rings. The second-order valence-electron chi connectivity index (χ2n) is 8.46. The predicted octanol–water partition coefficient (Wildman–Crippen LogP) is 4.43. The number of carbonyl (C=O) groups is 2. The van der Waals surface area contributed by atoms with Gasteiger partial charge in [0.25, 0.3) is 5.91 Å². The SMILES string of the molecule is CC(C)Oc1ccc(CNC(=O)C2CCN(C(=O)COc3ccccc3)CC2)c(C(F)(F)F)c1. The number of benzene rings is 2. The monoisotopic (exact) mass is 478 g/mol. The van der Waals surface area contributed by atoms with Crippen molar-refractivity contribution in [2.24, 2.45) is 5.92 Å². The molecule has 1 heterocycles. The maximum atomic E-state index is 13.5. The molecule has 0 atom stereocenters. The van der Waals surface area contributed by atoms with E-state index in [2.05, 4.69) is 5.32 Å². The average molecular weight is 479 g/mol. The summed E-state index contributed by atoms with van der Waals surface area (Å²) in [5.74, 6) is -0.112. The molecule has 3 rings (SSSR count). The highest BCUT2D eigenvalue weighted by molar-refractivity contribution is 5.80. The Morgan fingerprint density at radius 3 is 2.35 bits per heavy atom. The van der Waals surface area contributed by atoms with Crippen LogP contribution in [-0.4, -0.2) is 42.5 Å². The lowest BCUT2D eigenvalue weighted by Gasteiger charge is -2.31. The molecule has 184 valence electrons. The lowest BCUT2D eigenvalue weighted by molar-refractivity contribution is -0.138. The standard InChI is InChI=1S/C25H29F3N2O4/c1-17(2)34-21-9-8-19(22(14-21)25(26,27)28)15-29-24(32)18-10-12-30(13-11-18)23(31)16-33-20-6-4-3-5-7-20/h3-9,14,17-18H,10-13,15-16H2,1-2H3,(H,29,32). The van der Waals surface area contributed by atoms with Gasteiger partial charge in [0.2, 0.25) is 5.91 Å². The van der Waals surface area contributed by atoms with Crippen LogP contribution in [0.2, 0.25) is 0 Å². The molecule has 1 N–H and O–H groups in total. The van der Waals surface area contributed by atoms with Gasteiger partial charge in [-0.25, -0.2) is 0 Å². The summed E-state index contributed by atoms with van der Waals surface area (Å²) >= 11 is 0. The number of piperidine rings is 1. The van der Waals surface area contributed by atoms with Crippen LogP contribution in [0.3, 0.4) is 0 Å². The quantitative estimate of drug-likeness (QED) is 0.610. The Hall–Kier alpha value is -3.23. The van der Waals surface area contributed by atoms with Crippen molar-refractivity contribution < 1.29 is 32.2 Å². The van der Waals surface area contributed by atoms with E-state index in [9.17, 15) is 22.8 Å². The van der Waals surface area contributed by atoms with E-state index in [0.29, 0.717) is 31.7 Å². The summed E-state index contributed by atoms with van der Waals surface area (Å²) in [5, 5.41) is 2.62. The van der Waals surface area contributed by atoms with Crippen molar-refractivity contribution in [2.45, 2.75) is 45.5 Å². The van der Waals surface area contributed by atoms with Crippen LogP contribution in [0, 0.1) is 5.92 Å². The molecule has 0 aliphatic carbocycles. The van der Waals surface area contributed by atoms with E-state index in [0.717, 1.165) is 6.07 Å². The second kappa shape index (κ2) is 11.3. The molecule has 0 spiro atoms. The smallest absolute Gasteiger partial charge is 0.416 e. The van der Waals surface area contributed by atoms with E-state index in [-0.39, 0.29) is 48.3 Å². The maximum Gasteiger partial charge on any atom is 0.416 e. The van der Waals surface area contributed by atoms with Gasteiger partial charge in [-0.1, -0.05) is 24.3 Å². The number of para-hydroxylation sites is 1. The van der Waals surface area contributed by atoms with Gasteiger partial charge in [-0.3, -0.25) is 9.59 Å². The zero-order valence-electron chi connectivity index (χ0n) is 19.2. The molecule has 9 heteroatoms. The highest BCUT2D eigenvalue weighted by Gasteiger charge is 2.34. The van der Waals surface area contributed by atoms with Crippen LogP contribution < -0.4 is 14.8 Å². The van der Waals surface area contributed by atoms with Gasteiger partial charge in [0.05, 0.1) is 11.7 Å². The first-order valence-corrected chi connectivity index (χ1v) is 11.2. The number of hydrogen-bond acceptors (Lipinski definition) is 4. The molecule has 2 aromatic carbocycles. The van der Waals surface area contributed by atoms with E-state index < -0.39 is 11.7 Å². The van der Waals surface area contributed by atoms with Crippen LogP contribution in [0.15, 0.2) is 48.5 Å². The zero-order valence-corrected chi connectivity index (χ0v) is 19.2. The van der Waals surface area contributed by atoms with E-state index in [1.165, 1.54) is 12.1 Å². The maximum absolute atomic E-state index is 13.5. The lowest BCUT2D eigenvalue weighted by atomic mass is 9.95. The van der Waals surface area contributed by atoms with Crippen LogP contribution in [-0.2, 0) is 22.3 Å². The zero-order chi connectivity index (χ0) is 24.7. The molecule has 0 bridgehead atoms. The Labute approximate surface area is 197 Å². The van der Waals surface area contributed by atoms with Gasteiger partial charge >= 0.3 is 6.18 Å². The van der Waals surface area contributed by atoms with Gasteiger partial charge in [-0.05, 0) is 56.5 Å². The van der Waals surface area contributed by atoms with E-state index in [1.54, 1.807) is 30.9 Å². The molecular weight excluding hydrogens is 449 g/mol. The van der Waals surface area contributed by atoms with E-state index in [4.69, 9.17) is 9.47 Å². The molecule has 6 nitrogen and oxygen atoms in total. The second-order valence-corrected chi connectivity index (χ2v) is 8.46. The number of amides is 2. The van der Waals surface area contributed by atoms with Gasteiger partial charge in [0.1, 0.15) is 11.5 Å². The molecule has 0 radical (unpaired) electrons. The van der Waals surface area contributed by atoms with Crippen molar-refractivity contribution >= 4 is 11.8 Å². The molecule has 0 unspecified atom stereocenters. The van der Waals surface area contributed by atoms with Crippen LogP contribution in [0.5, 0.6) is 11.5 Å². The summed E-state index contributed by atoms with van der Waals surface area (Å²) in [6.45, 7) is 3.93. The minimum absolute atomic E-state index is 0.0253. The molecule has 34 heavy (non-hydrogen) atoms. The molecule has 1 aliphatic rings. The molecule has 1 saturated heterocycles. The number of halogens is 3. The fourth-order valence-electron chi connectivity index (χ4n) is 3.79. The minimum atomic E-state index is -4.57. The Morgan fingerprint density at radius 2 is 1.74 bits per heavy atom. The van der Waals surface area contributed by atoms with Crippen molar-refractivity contribution in [2.75, 3.05) is 19.7 Å². The number of nitrogens with one attached hydrogen (secondary N) is 1. The summed E-state index contributed by atoms with van der Waals surface area (Å²) in [7, 11) is 0. The summed E-state index contributed by atoms with van der Waals surface area (Å²) in [6, 6.07) is 12.8. The molecule has 0 aromatic heterocycles. The lowest BCUT2D eigenvalue weighted by Crippen LogP contribution is -2.44. The van der Waals surface area contributed by atoms with Crippen molar-refractivity contribution in [3.05, 3.63) is 59.7 Å². The third-order valence-corrected chi connectivity index (χ3v) is 5.54. The summed E-state index contributed by atoms with van der Waals surface area (Å²) in [4.78, 5) is 26.6. The number of rotatable bonds is 8. The van der Waals surface area contributed by atoms with Crippen LogP contribution >= 0.6 is 0 Å². The Kier molecular flexibility index (Phi) is 8.41. The van der Waals surface area contributed by atoms with Gasteiger partial charge in [0, 0.05) is 25.6 Å². The number of hydrogen-bond donors (Lipinski definition) is 1. The van der Waals surface area contributed by atoms with Crippen molar-refractivity contribution in [3.63, 3.8) is 0 Å². The number of nitrogens with zero attached hydrogens (tertiary/aromatic N) is 1. The van der Waals surface area contributed by atoms with Gasteiger partial charge in [-0.2, -0.15) is 13.2 Å². The van der Waals surface area contributed by atoms with Crippen molar-refractivity contribution in [1.29, 1.82) is 0 Å². The summed E-state index contributed by atoms with van der Waals surface area (Å²) in [6.07, 6.45) is -3.94. The number of alkyl halides is 3. The molecule has 1 aliphatic heterocycles. The van der Waals surface area contributed by atoms with E-state index >= 15 is 0 Å². The third-order valence-electron chi connectivity index (χ3n) is 5.54. The summed E-state index contributed by atoms with van der Waals surface area (Å²) in [5.41, 5.74) is -0.854. The molecule has 0 saturated carbocycles. The molecular formula is C25H29F3N2O4. The molecule has 2 amide bonds. The largest absolute Gasteiger partial charge is 0.491 e. The predicted molar refractivity (Wildman–Crippen MR) is 120 cm³/mol. The van der Waals surface area contributed by atoms with Gasteiger partial charge < -0.3 is 19.7 Å². The normalized spacial score (nSPS) is 14.7. The number of likely N-dealkylation sites (tertiary alicyclic amines) is 1. The first-order valence-electron chi connectivity index (χ1n) is 11.2. The Morgan fingerprint density at radius 1 is 1.06 bits per heavy atom. The minimum Gasteiger partial charge on any atom is -0.491 e. The Balaban J connectivity index is 1.50. The van der Waals surface area contributed by atoms with Crippen LogP contribution in [0.1, 0.15) is 37.8 Å². The highest BCUT2D eigenvalue weighted by atomic mass is 19.4. The Bertz CT molecular complexity index is 972. The number of carbonyl (C=O) groups excluding carboxylic acids is 2. The van der Waals surface area contributed by atoms with Crippen molar-refractivity contribution in [3.8, 4) is 11.5 Å². The van der Waals surface area contributed by atoms with Gasteiger partial charge in [-0.15, -0.1) is 0 Å². The topological polar surface area (TPSA) is 67.9 Å². The molecule has 1 fully saturated rings. The fourth-order valence-corrected chi connectivity index (χ4v) is 3.79. The first-order chi connectivity index (χ1) is 16.1. The van der Waals surface area contributed by atoms with Crippen molar-refractivity contribution in [1.82, 2.24) is 10.2 Å².